The molecule has 2 aromatic heterocycles. The molecule has 1 aliphatic heterocycles. The molecule has 4 aromatic rings. The second-order valence-electron chi connectivity index (χ2n) is 8.72. The Kier molecular flexibility index (Phi) is 5.55. The maximum Gasteiger partial charge on any atom is 0.296 e. The summed E-state index contributed by atoms with van der Waals surface area (Å²) in [6.07, 6.45) is 1.69. The summed E-state index contributed by atoms with van der Waals surface area (Å²) in [5.41, 5.74) is 4.07. The number of carbonyl (C=O) groups is 1. The normalized spacial score (nSPS) is 14.9. The summed E-state index contributed by atoms with van der Waals surface area (Å²) >= 11 is 0. The number of aromatic nitrogens is 1. The highest BCUT2D eigenvalue weighted by Gasteiger charge is 2.44. The molecule has 0 N–H and O–H groups in total. The van der Waals surface area contributed by atoms with E-state index in [0.29, 0.717) is 46.0 Å². The minimum Gasteiger partial charge on any atom is -0.493 e. The lowest BCUT2D eigenvalue weighted by molar-refractivity contribution is 0.0970. The van der Waals surface area contributed by atoms with Gasteiger partial charge in [0.25, 0.3) is 5.91 Å². The number of hydrogen-bond donors (Lipinski definition) is 0. The zero-order valence-corrected chi connectivity index (χ0v) is 20.3. The van der Waals surface area contributed by atoms with Crippen molar-refractivity contribution < 1.29 is 18.7 Å². The molecule has 0 spiro atoms. The first-order valence-corrected chi connectivity index (χ1v) is 11.5. The van der Waals surface area contributed by atoms with Crippen LogP contribution in [0.1, 0.15) is 51.3 Å². The van der Waals surface area contributed by atoms with E-state index in [2.05, 4.69) is 4.98 Å². The largest absolute Gasteiger partial charge is 0.493 e. The minimum absolute atomic E-state index is 0.0333. The van der Waals surface area contributed by atoms with Gasteiger partial charge in [-0.3, -0.25) is 14.5 Å². The molecule has 1 amide bonds. The number of carbonyl (C=O) groups excluding carboxylic acids is 1. The van der Waals surface area contributed by atoms with Crippen LogP contribution in [0.4, 0.5) is 5.82 Å². The van der Waals surface area contributed by atoms with Gasteiger partial charge in [0.1, 0.15) is 11.4 Å². The van der Waals surface area contributed by atoms with Gasteiger partial charge in [-0.25, -0.2) is 4.98 Å². The van der Waals surface area contributed by atoms with Crippen LogP contribution in [-0.2, 0) is 0 Å². The molecule has 178 valence electrons. The Labute approximate surface area is 202 Å². The Morgan fingerprint density at radius 1 is 1.00 bits per heavy atom. The molecule has 0 radical (unpaired) electrons. The summed E-state index contributed by atoms with van der Waals surface area (Å²) in [5.74, 6) is 1.15. The van der Waals surface area contributed by atoms with Crippen molar-refractivity contribution in [1.29, 1.82) is 0 Å². The number of rotatable bonds is 5. The van der Waals surface area contributed by atoms with Crippen molar-refractivity contribution in [3.63, 3.8) is 0 Å². The Morgan fingerprint density at radius 2 is 1.77 bits per heavy atom. The van der Waals surface area contributed by atoms with E-state index >= 15 is 0 Å². The monoisotopic (exact) mass is 470 g/mol. The van der Waals surface area contributed by atoms with E-state index in [1.165, 1.54) is 4.90 Å². The fourth-order valence-corrected chi connectivity index (χ4v) is 4.51. The first kappa shape index (κ1) is 22.7. The third kappa shape index (κ3) is 3.64. The van der Waals surface area contributed by atoms with Gasteiger partial charge in [-0.15, -0.1) is 0 Å². The minimum atomic E-state index is -0.737. The van der Waals surface area contributed by atoms with Gasteiger partial charge in [0.15, 0.2) is 16.9 Å². The van der Waals surface area contributed by atoms with Gasteiger partial charge in [-0.2, -0.15) is 0 Å². The predicted molar refractivity (Wildman–Crippen MR) is 134 cm³/mol. The second kappa shape index (κ2) is 8.58. The van der Waals surface area contributed by atoms with E-state index < -0.39 is 11.9 Å². The van der Waals surface area contributed by atoms with Crippen LogP contribution in [0.5, 0.6) is 11.5 Å². The van der Waals surface area contributed by atoms with Gasteiger partial charge < -0.3 is 13.9 Å². The van der Waals surface area contributed by atoms with Crippen LogP contribution in [0.15, 0.2) is 57.9 Å². The van der Waals surface area contributed by atoms with Crippen LogP contribution < -0.4 is 19.8 Å². The Bertz CT molecular complexity index is 1520. The number of hydrogen-bond acceptors (Lipinski definition) is 6. The lowest BCUT2D eigenvalue weighted by Crippen LogP contribution is -2.30. The number of anilines is 1. The van der Waals surface area contributed by atoms with Crippen molar-refractivity contribution in [2.24, 2.45) is 0 Å². The van der Waals surface area contributed by atoms with Crippen molar-refractivity contribution in [3.8, 4) is 11.5 Å². The van der Waals surface area contributed by atoms with Gasteiger partial charge >= 0.3 is 0 Å². The van der Waals surface area contributed by atoms with Gasteiger partial charge in [-0.1, -0.05) is 12.1 Å². The van der Waals surface area contributed by atoms with Crippen LogP contribution in [0, 0.1) is 20.8 Å². The number of pyridine rings is 1. The number of nitrogens with zero attached hydrogens (tertiary/aromatic N) is 2. The van der Waals surface area contributed by atoms with E-state index in [1.54, 1.807) is 37.6 Å². The summed E-state index contributed by atoms with van der Waals surface area (Å²) in [5, 5.41) is 0.446. The van der Waals surface area contributed by atoms with Gasteiger partial charge in [-0.05, 0) is 80.3 Å². The lowest BCUT2D eigenvalue weighted by atomic mass is 9.97. The Morgan fingerprint density at radius 3 is 2.46 bits per heavy atom. The third-order valence-corrected chi connectivity index (χ3v) is 6.43. The highest BCUT2D eigenvalue weighted by atomic mass is 16.5. The van der Waals surface area contributed by atoms with Crippen molar-refractivity contribution in [1.82, 2.24) is 4.98 Å². The van der Waals surface area contributed by atoms with Crippen LogP contribution in [-0.4, -0.2) is 24.6 Å². The molecule has 35 heavy (non-hydrogen) atoms. The standard InChI is InChI=1S/C28H26N2O5/c1-6-34-20-9-8-18(13-22(20)33-5)25-24-26(31)19-11-16(3)17(4)12-21(19)35-27(24)28(32)30(25)23-10-7-15(2)14-29-23/h7-14,25H,6H2,1-5H3/t25-/m0/s1. The van der Waals surface area contributed by atoms with Crippen LogP contribution in [0.3, 0.4) is 0 Å². The number of aryl methyl sites for hydroxylation is 3. The zero-order valence-electron chi connectivity index (χ0n) is 20.3. The molecule has 0 bridgehead atoms. The maximum absolute atomic E-state index is 13.9. The molecule has 0 saturated carbocycles. The van der Waals surface area contributed by atoms with E-state index in [1.807, 2.05) is 45.9 Å². The molecule has 0 aliphatic carbocycles. The fraction of sp³-hybridized carbons (Fsp3) is 0.250. The lowest BCUT2D eigenvalue weighted by Gasteiger charge is -2.25. The second-order valence-corrected chi connectivity index (χ2v) is 8.72. The molecule has 2 aromatic carbocycles. The smallest absolute Gasteiger partial charge is 0.296 e. The summed E-state index contributed by atoms with van der Waals surface area (Å²) in [6, 6.07) is 12.0. The van der Waals surface area contributed by atoms with Gasteiger partial charge in [0.2, 0.25) is 5.76 Å². The van der Waals surface area contributed by atoms with Crippen LogP contribution in [0.2, 0.25) is 0 Å². The average molecular weight is 471 g/mol. The van der Waals surface area contributed by atoms with E-state index in [9.17, 15) is 9.59 Å². The molecule has 0 unspecified atom stereocenters. The van der Waals surface area contributed by atoms with Crippen LogP contribution >= 0.6 is 0 Å². The molecule has 7 heteroatoms. The number of methoxy groups -OCH3 is 1. The van der Waals surface area contributed by atoms with Gasteiger partial charge in [0.05, 0.1) is 30.7 Å². The molecule has 0 fully saturated rings. The molecular formula is C28H26N2O5. The number of amides is 1. The summed E-state index contributed by atoms with van der Waals surface area (Å²) in [6.45, 7) is 8.19. The molecular weight excluding hydrogens is 444 g/mol. The summed E-state index contributed by atoms with van der Waals surface area (Å²) in [4.78, 5) is 33.6. The first-order valence-electron chi connectivity index (χ1n) is 11.5. The van der Waals surface area contributed by atoms with E-state index in [0.717, 1.165) is 16.7 Å². The van der Waals surface area contributed by atoms with E-state index in [4.69, 9.17) is 13.9 Å². The average Bonchev–Trinajstić information content (AvgIpc) is 3.14. The molecule has 3 heterocycles. The molecule has 5 rings (SSSR count). The summed E-state index contributed by atoms with van der Waals surface area (Å²) in [7, 11) is 1.56. The van der Waals surface area contributed by atoms with Crippen molar-refractivity contribution in [3.05, 3.63) is 92.5 Å². The van der Waals surface area contributed by atoms with Crippen molar-refractivity contribution >= 4 is 22.7 Å². The quantitative estimate of drug-likeness (QED) is 0.395. The van der Waals surface area contributed by atoms with Crippen molar-refractivity contribution in [2.75, 3.05) is 18.6 Å². The van der Waals surface area contributed by atoms with E-state index in [-0.39, 0.29) is 11.2 Å². The molecule has 1 aliphatic rings. The van der Waals surface area contributed by atoms with Crippen molar-refractivity contribution in [2.45, 2.75) is 33.7 Å². The Hall–Kier alpha value is -4.13. The fourth-order valence-electron chi connectivity index (χ4n) is 4.51. The highest BCUT2D eigenvalue weighted by Crippen LogP contribution is 2.43. The highest BCUT2D eigenvalue weighted by molar-refractivity contribution is 6.10. The van der Waals surface area contributed by atoms with Crippen LogP contribution in [0.25, 0.3) is 11.0 Å². The number of fused-ring (bicyclic) bond motifs is 2. The number of ether oxygens (including phenoxy) is 2. The summed E-state index contributed by atoms with van der Waals surface area (Å²) < 4.78 is 17.3. The molecule has 0 saturated heterocycles. The zero-order chi connectivity index (χ0) is 24.9. The first-order chi connectivity index (χ1) is 16.8. The topological polar surface area (TPSA) is 81.9 Å². The SMILES string of the molecule is CCOc1ccc([C@H]2c3c(oc4cc(C)c(C)cc4c3=O)C(=O)N2c2ccc(C)cn2)cc1OC. The number of benzene rings is 2. The van der Waals surface area contributed by atoms with Gasteiger partial charge in [0, 0.05) is 6.20 Å². The third-order valence-electron chi connectivity index (χ3n) is 6.43. The molecule has 7 nitrogen and oxygen atoms in total. The maximum atomic E-state index is 13.9. The predicted octanol–water partition coefficient (Wildman–Crippen LogP) is 5.27. The Balaban J connectivity index is 1.79. The molecule has 1 atom stereocenters.